The molecule has 1 aliphatic rings. The maximum Gasteiger partial charge on any atom is 0.231 e. The quantitative estimate of drug-likeness (QED) is 0.744. The Morgan fingerprint density at radius 1 is 1.43 bits per heavy atom. The minimum Gasteiger partial charge on any atom is -0.454 e. The Morgan fingerprint density at radius 2 is 2.21 bits per heavy atom. The second-order valence-electron chi connectivity index (χ2n) is 3.19. The fourth-order valence-corrected chi connectivity index (χ4v) is 1.43. The van der Waals surface area contributed by atoms with Gasteiger partial charge in [-0.2, -0.15) is 0 Å². The molecule has 1 heterocycles. The summed E-state index contributed by atoms with van der Waals surface area (Å²) in [5.41, 5.74) is 0.837. The zero-order valence-electron chi connectivity index (χ0n) is 7.99. The molecule has 4 nitrogen and oxygen atoms in total. The summed E-state index contributed by atoms with van der Waals surface area (Å²) in [5.74, 6) is 1.45. The van der Waals surface area contributed by atoms with Crippen LogP contribution in [0.4, 0.5) is 0 Å². The molecule has 4 heteroatoms. The topological polar surface area (TPSA) is 50.7 Å². The summed E-state index contributed by atoms with van der Waals surface area (Å²) in [7, 11) is 1.80. The van der Waals surface area contributed by atoms with Crippen molar-refractivity contribution < 1.29 is 14.6 Å². The number of fused-ring (bicyclic) bond motifs is 1. The molecule has 0 bridgehead atoms. The number of nitrogens with one attached hydrogen (secondary N) is 1. The standard InChI is InChI=1S/C10H13NO3/c1-11-5-8(12)7-2-3-9-10(4-7)14-6-13-9/h2-4,8,11-12H,5-6H2,1H3. The van der Waals surface area contributed by atoms with Crippen LogP contribution in [0.25, 0.3) is 0 Å². The first-order chi connectivity index (χ1) is 6.81. The average Bonchev–Trinajstić information content (AvgIpc) is 2.64. The molecule has 1 aromatic rings. The normalized spacial score (nSPS) is 15.6. The van der Waals surface area contributed by atoms with Gasteiger partial charge in [-0.1, -0.05) is 6.07 Å². The van der Waals surface area contributed by atoms with Gasteiger partial charge in [0, 0.05) is 6.54 Å². The van der Waals surface area contributed by atoms with Gasteiger partial charge in [0.2, 0.25) is 6.79 Å². The summed E-state index contributed by atoms with van der Waals surface area (Å²) in [6.45, 7) is 0.792. The molecule has 0 spiro atoms. The molecule has 0 aliphatic carbocycles. The van der Waals surface area contributed by atoms with Crippen LogP contribution in [0.2, 0.25) is 0 Å². The van der Waals surface area contributed by atoms with Crippen molar-refractivity contribution in [2.45, 2.75) is 6.10 Å². The summed E-state index contributed by atoms with van der Waals surface area (Å²) in [5, 5.41) is 12.6. The fourth-order valence-electron chi connectivity index (χ4n) is 1.43. The summed E-state index contributed by atoms with van der Waals surface area (Å²) in [6.07, 6.45) is -0.505. The van der Waals surface area contributed by atoms with Crippen molar-refractivity contribution in [3.8, 4) is 11.5 Å². The molecule has 1 atom stereocenters. The number of likely N-dealkylation sites (N-methyl/N-ethyl adjacent to an activating group) is 1. The second kappa shape index (κ2) is 3.86. The second-order valence-corrected chi connectivity index (χ2v) is 3.19. The maximum absolute atomic E-state index is 9.69. The fraction of sp³-hybridized carbons (Fsp3) is 0.400. The highest BCUT2D eigenvalue weighted by atomic mass is 16.7. The lowest BCUT2D eigenvalue weighted by Gasteiger charge is -2.10. The number of aliphatic hydroxyl groups is 1. The molecule has 0 amide bonds. The van der Waals surface area contributed by atoms with E-state index in [0.717, 1.165) is 11.3 Å². The van der Waals surface area contributed by atoms with Gasteiger partial charge in [0.1, 0.15) is 0 Å². The third-order valence-corrected chi connectivity index (χ3v) is 2.18. The third-order valence-electron chi connectivity index (χ3n) is 2.18. The number of benzene rings is 1. The van der Waals surface area contributed by atoms with Gasteiger partial charge in [-0.05, 0) is 24.7 Å². The molecule has 0 aromatic heterocycles. The van der Waals surface area contributed by atoms with E-state index in [2.05, 4.69) is 5.32 Å². The van der Waals surface area contributed by atoms with Gasteiger partial charge < -0.3 is 19.9 Å². The van der Waals surface area contributed by atoms with Crippen LogP contribution in [-0.4, -0.2) is 25.5 Å². The molecule has 0 saturated heterocycles. The summed E-state index contributed by atoms with van der Waals surface area (Å²) in [4.78, 5) is 0. The lowest BCUT2D eigenvalue weighted by Crippen LogP contribution is -2.16. The van der Waals surface area contributed by atoms with Crippen LogP contribution in [0.5, 0.6) is 11.5 Å². The Labute approximate surface area is 82.5 Å². The van der Waals surface area contributed by atoms with E-state index in [1.54, 1.807) is 7.05 Å². The van der Waals surface area contributed by atoms with E-state index in [1.807, 2.05) is 18.2 Å². The molecular formula is C10H13NO3. The van der Waals surface area contributed by atoms with Crippen molar-refractivity contribution in [3.63, 3.8) is 0 Å². The van der Waals surface area contributed by atoms with Crippen molar-refractivity contribution in [3.05, 3.63) is 23.8 Å². The minimum absolute atomic E-state index is 0.265. The van der Waals surface area contributed by atoms with Crippen molar-refractivity contribution in [2.24, 2.45) is 0 Å². The number of hydrogen-bond donors (Lipinski definition) is 2. The molecule has 14 heavy (non-hydrogen) atoms. The van der Waals surface area contributed by atoms with Gasteiger partial charge in [0.15, 0.2) is 11.5 Å². The Morgan fingerprint density at radius 3 is 3.00 bits per heavy atom. The van der Waals surface area contributed by atoms with Gasteiger partial charge in [-0.15, -0.1) is 0 Å². The molecule has 2 rings (SSSR count). The molecule has 0 fully saturated rings. The third kappa shape index (κ3) is 1.66. The first-order valence-electron chi connectivity index (χ1n) is 4.53. The van der Waals surface area contributed by atoms with E-state index in [-0.39, 0.29) is 6.79 Å². The Bertz CT molecular complexity index is 327. The number of aliphatic hydroxyl groups excluding tert-OH is 1. The summed E-state index contributed by atoms with van der Waals surface area (Å²) >= 11 is 0. The monoisotopic (exact) mass is 195 g/mol. The Balaban J connectivity index is 2.19. The predicted octanol–water partition coefficient (Wildman–Crippen LogP) is 0.668. The molecule has 0 radical (unpaired) electrons. The molecule has 2 N–H and O–H groups in total. The van der Waals surface area contributed by atoms with Crippen molar-refractivity contribution >= 4 is 0 Å². The Hall–Kier alpha value is -1.26. The molecule has 0 saturated carbocycles. The average molecular weight is 195 g/mol. The number of rotatable bonds is 3. The number of ether oxygens (including phenoxy) is 2. The highest BCUT2D eigenvalue weighted by molar-refractivity contribution is 5.45. The molecule has 1 unspecified atom stereocenters. The number of hydrogen-bond acceptors (Lipinski definition) is 4. The largest absolute Gasteiger partial charge is 0.454 e. The van der Waals surface area contributed by atoms with Gasteiger partial charge in [-0.25, -0.2) is 0 Å². The highest BCUT2D eigenvalue weighted by Crippen LogP contribution is 2.33. The molecule has 1 aromatic carbocycles. The molecule has 76 valence electrons. The minimum atomic E-state index is -0.505. The zero-order valence-corrected chi connectivity index (χ0v) is 7.99. The SMILES string of the molecule is CNCC(O)c1ccc2c(c1)OCO2. The zero-order chi connectivity index (χ0) is 9.97. The van der Waals surface area contributed by atoms with Crippen LogP contribution in [0, 0.1) is 0 Å². The van der Waals surface area contributed by atoms with Crippen LogP contribution < -0.4 is 14.8 Å². The highest BCUT2D eigenvalue weighted by Gasteiger charge is 2.15. The van der Waals surface area contributed by atoms with E-state index < -0.39 is 6.10 Å². The lowest BCUT2D eigenvalue weighted by molar-refractivity contribution is 0.171. The molecule has 1 aliphatic heterocycles. The first kappa shape index (κ1) is 9.30. The van der Waals surface area contributed by atoms with E-state index in [1.165, 1.54) is 0 Å². The summed E-state index contributed by atoms with van der Waals surface area (Å²) in [6, 6.07) is 5.47. The van der Waals surface area contributed by atoms with Crippen LogP contribution in [0.1, 0.15) is 11.7 Å². The van der Waals surface area contributed by atoms with Crippen LogP contribution in [0.15, 0.2) is 18.2 Å². The lowest BCUT2D eigenvalue weighted by atomic mass is 10.1. The van der Waals surface area contributed by atoms with E-state index >= 15 is 0 Å². The van der Waals surface area contributed by atoms with Gasteiger partial charge in [0.25, 0.3) is 0 Å². The smallest absolute Gasteiger partial charge is 0.231 e. The maximum atomic E-state index is 9.69. The van der Waals surface area contributed by atoms with Crippen LogP contribution in [-0.2, 0) is 0 Å². The van der Waals surface area contributed by atoms with Gasteiger partial charge in [0.05, 0.1) is 6.10 Å². The van der Waals surface area contributed by atoms with Crippen molar-refractivity contribution in [1.29, 1.82) is 0 Å². The van der Waals surface area contributed by atoms with Crippen LogP contribution in [0.3, 0.4) is 0 Å². The van der Waals surface area contributed by atoms with Gasteiger partial charge in [-0.3, -0.25) is 0 Å². The Kier molecular flexibility index (Phi) is 2.56. The summed E-state index contributed by atoms with van der Waals surface area (Å²) < 4.78 is 10.4. The van der Waals surface area contributed by atoms with Gasteiger partial charge >= 0.3 is 0 Å². The predicted molar refractivity (Wildman–Crippen MR) is 51.5 cm³/mol. The molecular weight excluding hydrogens is 182 g/mol. The van der Waals surface area contributed by atoms with E-state index in [9.17, 15) is 5.11 Å². The van der Waals surface area contributed by atoms with Crippen molar-refractivity contribution in [1.82, 2.24) is 5.32 Å². The van der Waals surface area contributed by atoms with E-state index in [0.29, 0.717) is 12.3 Å². The van der Waals surface area contributed by atoms with Crippen molar-refractivity contribution in [2.75, 3.05) is 20.4 Å². The van der Waals surface area contributed by atoms with Crippen LogP contribution >= 0.6 is 0 Å². The van der Waals surface area contributed by atoms with E-state index in [4.69, 9.17) is 9.47 Å². The first-order valence-corrected chi connectivity index (χ1v) is 4.53.